The Morgan fingerprint density at radius 1 is 1.43 bits per heavy atom. The second-order valence-electron chi connectivity index (χ2n) is 7.54. The smallest absolute Gasteiger partial charge is 0.407 e. The summed E-state index contributed by atoms with van der Waals surface area (Å²) in [5.74, 6) is 0.419. The van der Waals surface area contributed by atoms with E-state index in [0.717, 1.165) is 24.1 Å². The Morgan fingerprint density at radius 2 is 2.20 bits per heavy atom. The minimum Gasteiger partial charge on any atom is -0.453 e. The van der Waals surface area contributed by atoms with Crippen LogP contribution in [0.1, 0.15) is 44.1 Å². The summed E-state index contributed by atoms with van der Waals surface area (Å²) < 4.78 is 4.66. The van der Waals surface area contributed by atoms with Gasteiger partial charge in [-0.25, -0.2) is 9.78 Å². The minimum atomic E-state index is -0.679. The third-order valence-corrected chi connectivity index (χ3v) is 5.57. The van der Waals surface area contributed by atoms with E-state index < -0.39 is 12.1 Å². The van der Waals surface area contributed by atoms with Gasteiger partial charge in [-0.2, -0.15) is 5.26 Å². The van der Waals surface area contributed by atoms with Gasteiger partial charge in [0.15, 0.2) is 0 Å². The molecule has 9 heteroatoms. The number of amides is 2. The average Bonchev–Trinajstić information content (AvgIpc) is 3.40. The molecule has 2 atom stereocenters. The number of hydrogen-bond donors (Lipinski definition) is 2. The van der Waals surface area contributed by atoms with Crippen molar-refractivity contribution >= 4 is 23.6 Å². The number of methoxy groups -OCH3 is 1. The number of nitriles is 1. The van der Waals surface area contributed by atoms with Crippen LogP contribution in [0.15, 0.2) is 24.4 Å². The number of nitrogens with one attached hydrogen (secondary N) is 2. The fraction of sp³-hybridized carbons (Fsp3) is 0.429. The zero-order valence-corrected chi connectivity index (χ0v) is 17.9. The lowest BCUT2D eigenvalue weighted by molar-refractivity contribution is -0.135. The number of imidazole rings is 1. The average molecular weight is 430 g/mol. The van der Waals surface area contributed by atoms with E-state index in [0.29, 0.717) is 23.0 Å². The largest absolute Gasteiger partial charge is 0.453 e. The van der Waals surface area contributed by atoms with E-state index >= 15 is 0 Å². The summed E-state index contributed by atoms with van der Waals surface area (Å²) >= 11 is 6.02. The Labute approximate surface area is 180 Å². The first-order valence-electron chi connectivity index (χ1n) is 9.75. The SMILES string of the molecule is COC(=O)NC(C(=O)N1CCCC1c1ncc(-c2ccc(Cl)c(C#N)c2)[nH]1)C(C)C. The molecule has 0 saturated carbocycles. The molecule has 2 amide bonds. The third kappa shape index (κ3) is 4.41. The van der Waals surface area contributed by atoms with E-state index in [-0.39, 0.29) is 17.9 Å². The van der Waals surface area contributed by atoms with E-state index in [1.54, 1.807) is 23.2 Å². The van der Waals surface area contributed by atoms with Gasteiger partial charge in [0.25, 0.3) is 0 Å². The molecule has 1 fully saturated rings. The fourth-order valence-corrected chi connectivity index (χ4v) is 3.78. The first-order chi connectivity index (χ1) is 14.3. The summed E-state index contributed by atoms with van der Waals surface area (Å²) in [5.41, 5.74) is 1.92. The van der Waals surface area contributed by atoms with Crippen molar-refractivity contribution in [2.75, 3.05) is 13.7 Å². The molecule has 158 valence electrons. The van der Waals surface area contributed by atoms with E-state index in [1.807, 2.05) is 19.9 Å². The Balaban J connectivity index is 1.83. The number of hydrogen-bond acceptors (Lipinski definition) is 5. The van der Waals surface area contributed by atoms with Crippen LogP contribution in [0.2, 0.25) is 5.02 Å². The number of carbonyl (C=O) groups is 2. The van der Waals surface area contributed by atoms with Crippen LogP contribution in [-0.2, 0) is 9.53 Å². The topological polar surface area (TPSA) is 111 Å². The van der Waals surface area contributed by atoms with Gasteiger partial charge in [0.05, 0.1) is 35.6 Å². The number of halogens is 1. The van der Waals surface area contributed by atoms with Gasteiger partial charge in [0.2, 0.25) is 5.91 Å². The molecule has 2 heterocycles. The molecular weight excluding hydrogens is 406 g/mol. The highest BCUT2D eigenvalue weighted by molar-refractivity contribution is 6.31. The van der Waals surface area contributed by atoms with Crippen LogP contribution in [0, 0.1) is 17.2 Å². The summed E-state index contributed by atoms with van der Waals surface area (Å²) in [6, 6.07) is 6.36. The molecule has 2 N–H and O–H groups in total. The van der Waals surface area contributed by atoms with Crippen molar-refractivity contribution in [1.82, 2.24) is 20.2 Å². The van der Waals surface area contributed by atoms with Crippen LogP contribution >= 0.6 is 11.6 Å². The molecule has 30 heavy (non-hydrogen) atoms. The standard InChI is InChI=1S/C21H24ClN5O3/c1-12(2)18(26-21(29)30-3)20(28)27-8-4-5-17(27)19-24-11-16(25-19)13-6-7-15(22)14(9-13)10-23/h6-7,9,11-12,17-18H,4-5,8H2,1-3H3,(H,24,25)(H,26,29). The first kappa shape index (κ1) is 21.7. The summed E-state index contributed by atoms with van der Waals surface area (Å²) in [6.45, 7) is 4.34. The Hall–Kier alpha value is -3.05. The molecule has 0 aliphatic carbocycles. The summed E-state index contributed by atoms with van der Waals surface area (Å²) in [6.07, 6.45) is 2.67. The predicted octanol–water partition coefficient (Wildman–Crippen LogP) is 3.65. The Kier molecular flexibility index (Phi) is 6.63. The molecule has 0 radical (unpaired) electrons. The Morgan fingerprint density at radius 3 is 2.87 bits per heavy atom. The monoisotopic (exact) mass is 429 g/mol. The van der Waals surface area contributed by atoms with E-state index in [2.05, 4.69) is 26.1 Å². The quantitative estimate of drug-likeness (QED) is 0.753. The molecule has 2 aromatic rings. The molecule has 3 rings (SSSR count). The molecule has 1 aromatic carbocycles. The maximum absolute atomic E-state index is 13.2. The van der Waals surface area contributed by atoms with Crippen LogP contribution in [-0.4, -0.2) is 46.6 Å². The molecule has 2 unspecified atom stereocenters. The highest BCUT2D eigenvalue weighted by Crippen LogP contribution is 2.33. The maximum Gasteiger partial charge on any atom is 0.407 e. The van der Waals surface area contributed by atoms with Gasteiger partial charge in [-0.1, -0.05) is 31.5 Å². The highest BCUT2D eigenvalue weighted by Gasteiger charge is 2.37. The maximum atomic E-state index is 13.2. The molecular formula is C21H24ClN5O3. The lowest BCUT2D eigenvalue weighted by Gasteiger charge is -2.30. The molecule has 1 aliphatic heterocycles. The molecule has 8 nitrogen and oxygen atoms in total. The van der Waals surface area contributed by atoms with E-state index in [1.165, 1.54) is 7.11 Å². The fourth-order valence-electron chi connectivity index (χ4n) is 3.62. The normalized spacial score (nSPS) is 16.9. The number of aromatic amines is 1. The number of likely N-dealkylation sites (tertiary alicyclic amines) is 1. The van der Waals surface area contributed by atoms with Gasteiger partial charge in [-0.15, -0.1) is 0 Å². The number of nitrogens with zero attached hydrogens (tertiary/aromatic N) is 3. The lowest BCUT2D eigenvalue weighted by Crippen LogP contribution is -2.51. The van der Waals surface area contributed by atoms with Gasteiger partial charge < -0.3 is 19.9 Å². The van der Waals surface area contributed by atoms with Gasteiger partial charge >= 0.3 is 6.09 Å². The lowest BCUT2D eigenvalue weighted by atomic mass is 10.0. The Bertz CT molecular complexity index is 981. The van der Waals surface area contributed by atoms with Crippen molar-refractivity contribution < 1.29 is 14.3 Å². The first-order valence-corrected chi connectivity index (χ1v) is 10.1. The van der Waals surface area contributed by atoms with Crippen LogP contribution in [0.3, 0.4) is 0 Å². The van der Waals surface area contributed by atoms with Crippen LogP contribution in [0.5, 0.6) is 0 Å². The number of rotatable bonds is 5. The molecule has 0 spiro atoms. The van der Waals surface area contributed by atoms with Crippen molar-refractivity contribution in [2.24, 2.45) is 5.92 Å². The predicted molar refractivity (Wildman–Crippen MR) is 112 cm³/mol. The summed E-state index contributed by atoms with van der Waals surface area (Å²) in [4.78, 5) is 34.4. The van der Waals surface area contributed by atoms with Gasteiger partial charge in [-0.3, -0.25) is 4.79 Å². The van der Waals surface area contributed by atoms with Crippen molar-refractivity contribution in [3.63, 3.8) is 0 Å². The van der Waals surface area contributed by atoms with Crippen molar-refractivity contribution in [1.29, 1.82) is 5.26 Å². The molecule has 1 saturated heterocycles. The molecule has 1 aromatic heterocycles. The van der Waals surface area contributed by atoms with Gasteiger partial charge in [-0.05, 0) is 30.9 Å². The van der Waals surface area contributed by atoms with Crippen LogP contribution in [0.25, 0.3) is 11.3 Å². The van der Waals surface area contributed by atoms with E-state index in [9.17, 15) is 14.9 Å². The van der Waals surface area contributed by atoms with Gasteiger partial charge in [0, 0.05) is 12.1 Å². The minimum absolute atomic E-state index is 0.0940. The number of H-pyrrole nitrogens is 1. The van der Waals surface area contributed by atoms with Crippen LogP contribution in [0.4, 0.5) is 4.79 Å². The van der Waals surface area contributed by atoms with Crippen molar-refractivity contribution in [3.05, 3.63) is 40.8 Å². The molecule has 1 aliphatic rings. The van der Waals surface area contributed by atoms with Gasteiger partial charge in [0.1, 0.15) is 17.9 Å². The highest BCUT2D eigenvalue weighted by atomic mass is 35.5. The van der Waals surface area contributed by atoms with Crippen molar-refractivity contribution in [3.8, 4) is 17.3 Å². The zero-order valence-electron chi connectivity index (χ0n) is 17.1. The summed E-state index contributed by atoms with van der Waals surface area (Å²) in [5, 5.41) is 12.2. The number of benzene rings is 1. The van der Waals surface area contributed by atoms with E-state index in [4.69, 9.17) is 11.6 Å². The second kappa shape index (κ2) is 9.18. The third-order valence-electron chi connectivity index (χ3n) is 5.24. The van der Waals surface area contributed by atoms with Crippen molar-refractivity contribution in [2.45, 2.75) is 38.8 Å². The number of carbonyl (C=O) groups excluding carboxylic acids is 2. The molecule has 0 bridgehead atoms. The number of ether oxygens (including phenoxy) is 1. The number of alkyl carbamates (subject to hydrolysis) is 1. The zero-order chi connectivity index (χ0) is 21.8. The number of aromatic nitrogens is 2. The second-order valence-corrected chi connectivity index (χ2v) is 7.94. The van der Waals surface area contributed by atoms with Crippen LogP contribution < -0.4 is 5.32 Å². The summed E-state index contributed by atoms with van der Waals surface area (Å²) in [7, 11) is 1.27.